The van der Waals surface area contributed by atoms with Gasteiger partial charge in [0.25, 0.3) is 5.91 Å². The second kappa shape index (κ2) is 9.25. The van der Waals surface area contributed by atoms with Gasteiger partial charge in [0.05, 0.1) is 42.7 Å². The smallest absolute Gasteiger partial charge is 0.275 e. The van der Waals surface area contributed by atoms with Gasteiger partial charge in [-0.25, -0.2) is 0 Å². The Hall–Kier alpha value is -1.62. The summed E-state index contributed by atoms with van der Waals surface area (Å²) in [6.07, 6.45) is 3.44. The topological polar surface area (TPSA) is 108 Å². The molecule has 1 aromatic heterocycles. The molecule has 2 N–H and O–H groups in total. The zero-order valence-electron chi connectivity index (χ0n) is 17.5. The van der Waals surface area contributed by atoms with Gasteiger partial charge in [0, 0.05) is 38.8 Å². The number of aliphatic hydroxyl groups is 1. The van der Waals surface area contributed by atoms with Crippen molar-refractivity contribution in [3.8, 4) is 0 Å². The second-order valence-electron chi connectivity index (χ2n) is 8.62. The normalized spacial score (nSPS) is 30.0. The number of carbonyl (C=O) groups is 2. The van der Waals surface area contributed by atoms with Crippen molar-refractivity contribution in [2.24, 2.45) is 11.3 Å². The van der Waals surface area contributed by atoms with Crippen molar-refractivity contribution in [3.63, 3.8) is 0 Å². The number of rotatable bonds is 5. The van der Waals surface area contributed by atoms with Gasteiger partial charge in [-0.15, -0.1) is 0 Å². The number of piperidine rings is 1. The fourth-order valence-electron chi connectivity index (χ4n) is 5.37. The summed E-state index contributed by atoms with van der Waals surface area (Å²) < 4.78 is 13.8. The Bertz CT molecular complexity index is 768. The van der Waals surface area contributed by atoms with E-state index in [-0.39, 0.29) is 30.9 Å². The minimum Gasteiger partial charge on any atom is -0.395 e. The average molecular weight is 438 g/mol. The molecule has 3 atom stereocenters. The van der Waals surface area contributed by atoms with Crippen LogP contribution in [0.4, 0.5) is 0 Å². The molecule has 4 rings (SSSR count). The Morgan fingerprint density at radius 1 is 1.27 bits per heavy atom. The summed E-state index contributed by atoms with van der Waals surface area (Å²) in [6, 6.07) is 0.463. The molecule has 0 aromatic carbocycles. The van der Waals surface area contributed by atoms with Gasteiger partial charge in [0.1, 0.15) is 0 Å². The van der Waals surface area contributed by atoms with E-state index in [0.29, 0.717) is 30.5 Å². The van der Waals surface area contributed by atoms with E-state index in [9.17, 15) is 14.7 Å². The molecule has 2 amide bonds. The summed E-state index contributed by atoms with van der Waals surface area (Å²) in [5.74, 6) is 0.0495. The van der Waals surface area contributed by atoms with E-state index in [2.05, 4.69) is 19.0 Å². The third-order valence-electron chi connectivity index (χ3n) is 7.04. The van der Waals surface area contributed by atoms with Crippen LogP contribution >= 0.6 is 11.7 Å². The Morgan fingerprint density at radius 3 is 2.77 bits per heavy atom. The lowest BCUT2D eigenvalue weighted by molar-refractivity contribution is -0.143. The number of aliphatic hydroxyl groups excluding tert-OH is 1. The van der Waals surface area contributed by atoms with Crippen molar-refractivity contribution in [2.75, 3.05) is 52.5 Å². The van der Waals surface area contributed by atoms with Gasteiger partial charge in [-0.3, -0.25) is 14.5 Å². The van der Waals surface area contributed by atoms with Crippen LogP contribution in [0.1, 0.15) is 41.9 Å². The molecule has 0 radical (unpaired) electrons. The molecule has 3 fully saturated rings. The number of morpholine rings is 1. The monoisotopic (exact) mass is 437 g/mol. The molecule has 2 aliphatic heterocycles. The highest BCUT2D eigenvalue weighted by molar-refractivity contribution is 6.99. The first-order valence-electron chi connectivity index (χ1n) is 10.8. The molecular formula is C20H31N5O4S. The molecule has 1 aromatic rings. The third-order valence-corrected chi connectivity index (χ3v) is 7.66. The third kappa shape index (κ3) is 4.10. The summed E-state index contributed by atoms with van der Waals surface area (Å²) in [4.78, 5) is 30.7. The maximum atomic E-state index is 13.3. The number of hydrogen-bond donors (Lipinski definition) is 2. The highest BCUT2D eigenvalue weighted by Gasteiger charge is 2.53. The molecule has 166 valence electrons. The summed E-state index contributed by atoms with van der Waals surface area (Å²) in [5.41, 5.74) is 0.428. The van der Waals surface area contributed by atoms with Gasteiger partial charge in [-0.05, 0) is 38.5 Å². The van der Waals surface area contributed by atoms with Crippen molar-refractivity contribution in [1.82, 2.24) is 23.9 Å². The first kappa shape index (κ1) is 21.6. The summed E-state index contributed by atoms with van der Waals surface area (Å²) in [5, 5.41) is 12.1. The number of carbonyl (C=O) groups excluding carboxylic acids is 2. The Labute approximate surface area is 181 Å². The van der Waals surface area contributed by atoms with Crippen LogP contribution in [0.2, 0.25) is 0 Å². The molecule has 9 nitrogen and oxygen atoms in total. The van der Waals surface area contributed by atoms with Gasteiger partial charge in [-0.1, -0.05) is 0 Å². The summed E-state index contributed by atoms with van der Waals surface area (Å²) in [6.45, 7) is 6.41. The van der Waals surface area contributed by atoms with E-state index in [1.807, 2.05) is 0 Å². The number of ether oxygens (including phenoxy) is 1. The summed E-state index contributed by atoms with van der Waals surface area (Å²) in [7, 11) is 0. The highest BCUT2D eigenvalue weighted by atomic mass is 32.1. The number of nitrogens with zero attached hydrogens (tertiary/aromatic N) is 4. The molecule has 2 saturated heterocycles. The lowest BCUT2D eigenvalue weighted by Gasteiger charge is -2.53. The van der Waals surface area contributed by atoms with Crippen LogP contribution in [0.25, 0.3) is 0 Å². The molecule has 0 unspecified atom stereocenters. The van der Waals surface area contributed by atoms with Gasteiger partial charge in [0.15, 0.2) is 5.69 Å². The van der Waals surface area contributed by atoms with Crippen LogP contribution in [0, 0.1) is 18.3 Å². The minimum atomic E-state index is -0.608. The van der Waals surface area contributed by atoms with Gasteiger partial charge >= 0.3 is 0 Å². The van der Waals surface area contributed by atoms with Gasteiger partial charge in [-0.2, -0.15) is 8.75 Å². The standard InChI is InChI=1S/C20H31N5O4S/c1-14-17(23-30-22-14)18(27)25-6-3-15-12-16(24-7-10-29-11-8-24)2-4-20(15,13-25)19(28)21-5-9-26/h15-16,26H,2-13H2,1H3,(H,21,28)/t15-,16+,20-/m1/s1. The quantitative estimate of drug-likeness (QED) is 0.682. The highest BCUT2D eigenvalue weighted by Crippen LogP contribution is 2.48. The minimum absolute atomic E-state index is 0.0346. The second-order valence-corrected chi connectivity index (χ2v) is 9.15. The Kier molecular flexibility index (Phi) is 6.66. The first-order valence-corrected chi connectivity index (χ1v) is 11.6. The molecule has 30 heavy (non-hydrogen) atoms. The number of fused-ring (bicyclic) bond motifs is 1. The zero-order valence-corrected chi connectivity index (χ0v) is 18.3. The number of hydrogen-bond acceptors (Lipinski definition) is 8. The van der Waals surface area contributed by atoms with Crippen molar-refractivity contribution in [3.05, 3.63) is 11.4 Å². The SMILES string of the molecule is Cc1nsnc1C(=O)N1CC[C@@H]2C[C@@H](N3CCOCC3)CC[C@@]2(C(=O)NCCO)C1. The zero-order chi connectivity index (χ0) is 21.1. The van der Waals surface area contributed by atoms with E-state index < -0.39 is 5.41 Å². The van der Waals surface area contributed by atoms with E-state index in [1.165, 1.54) is 0 Å². The fourth-order valence-corrected chi connectivity index (χ4v) is 5.91. The van der Waals surface area contributed by atoms with Crippen LogP contribution in [0.15, 0.2) is 0 Å². The van der Waals surface area contributed by atoms with Gasteiger partial charge < -0.3 is 20.1 Å². The van der Waals surface area contributed by atoms with Crippen molar-refractivity contribution in [2.45, 2.75) is 38.6 Å². The maximum Gasteiger partial charge on any atom is 0.275 e. The number of aryl methyl sites for hydroxylation is 1. The van der Waals surface area contributed by atoms with Crippen LogP contribution in [-0.2, 0) is 9.53 Å². The number of likely N-dealkylation sites (tertiary alicyclic amines) is 1. The van der Waals surface area contributed by atoms with Crippen LogP contribution in [-0.4, -0.2) is 94.1 Å². The van der Waals surface area contributed by atoms with Gasteiger partial charge in [0.2, 0.25) is 5.91 Å². The van der Waals surface area contributed by atoms with Crippen LogP contribution < -0.4 is 5.32 Å². The average Bonchev–Trinajstić information content (AvgIpc) is 3.22. The Morgan fingerprint density at radius 2 is 2.07 bits per heavy atom. The number of nitrogens with one attached hydrogen (secondary N) is 1. The maximum absolute atomic E-state index is 13.3. The van der Waals surface area contributed by atoms with E-state index in [0.717, 1.165) is 63.7 Å². The first-order chi connectivity index (χ1) is 14.5. The van der Waals surface area contributed by atoms with E-state index >= 15 is 0 Å². The van der Waals surface area contributed by atoms with Crippen molar-refractivity contribution in [1.29, 1.82) is 0 Å². The van der Waals surface area contributed by atoms with E-state index in [4.69, 9.17) is 4.74 Å². The number of amides is 2. The summed E-state index contributed by atoms with van der Waals surface area (Å²) >= 11 is 1.04. The lowest BCUT2D eigenvalue weighted by atomic mass is 9.60. The van der Waals surface area contributed by atoms with E-state index in [1.54, 1.807) is 11.8 Å². The number of aromatic nitrogens is 2. The van der Waals surface area contributed by atoms with Crippen molar-refractivity contribution >= 4 is 23.5 Å². The molecule has 1 saturated carbocycles. The van der Waals surface area contributed by atoms with Crippen LogP contribution in [0.3, 0.4) is 0 Å². The largest absolute Gasteiger partial charge is 0.395 e. The fraction of sp³-hybridized carbons (Fsp3) is 0.800. The molecular weight excluding hydrogens is 406 g/mol. The predicted molar refractivity (Wildman–Crippen MR) is 111 cm³/mol. The molecule has 0 spiro atoms. The molecule has 3 heterocycles. The lowest BCUT2D eigenvalue weighted by Crippen LogP contribution is -2.61. The molecule has 0 bridgehead atoms. The molecule has 3 aliphatic rings. The predicted octanol–water partition coefficient (Wildman–Crippen LogP) is 0.288. The van der Waals surface area contributed by atoms with Crippen molar-refractivity contribution < 1.29 is 19.4 Å². The molecule has 10 heteroatoms. The molecule has 1 aliphatic carbocycles. The Balaban J connectivity index is 1.53. The van der Waals surface area contributed by atoms with Crippen LogP contribution in [0.5, 0.6) is 0 Å².